The second-order valence-electron chi connectivity index (χ2n) is 5.80. The first-order valence-electron chi connectivity index (χ1n) is 6.84. The Balaban J connectivity index is 2.43. The molecule has 0 aromatic carbocycles. The largest absolute Gasteiger partial charge is 0.464 e. The Bertz CT molecular complexity index is 240. The van der Waals surface area contributed by atoms with Gasteiger partial charge in [0.25, 0.3) is 0 Å². The SMILES string of the molecule is CNCC(=O)OC[C@@H]1C[C@H](C)CC[C@H]1C(C)C. The molecule has 0 aromatic rings. The first kappa shape index (κ1) is 14.5. The maximum Gasteiger partial charge on any atom is 0.319 e. The molecule has 1 rings (SSSR count). The van der Waals surface area contributed by atoms with Gasteiger partial charge in [0.15, 0.2) is 0 Å². The highest BCUT2D eigenvalue weighted by Gasteiger charge is 2.31. The maximum atomic E-state index is 11.4. The molecule has 0 aromatic heterocycles. The van der Waals surface area contributed by atoms with Gasteiger partial charge in [0.2, 0.25) is 0 Å². The zero-order valence-corrected chi connectivity index (χ0v) is 11.7. The Morgan fingerprint density at radius 1 is 1.41 bits per heavy atom. The Morgan fingerprint density at radius 3 is 2.71 bits per heavy atom. The van der Waals surface area contributed by atoms with Crippen LogP contribution >= 0.6 is 0 Å². The maximum absolute atomic E-state index is 11.4. The molecule has 0 bridgehead atoms. The molecule has 100 valence electrons. The first-order chi connectivity index (χ1) is 8.04. The summed E-state index contributed by atoms with van der Waals surface area (Å²) in [6.45, 7) is 7.79. The van der Waals surface area contributed by atoms with E-state index in [1.807, 2.05) is 0 Å². The van der Waals surface area contributed by atoms with Gasteiger partial charge >= 0.3 is 5.97 Å². The van der Waals surface area contributed by atoms with Crippen molar-refractivity contribution in [1.29, 1.82) is 0 Å². The highest BCUT2D eigenvalue weighted by molar-refractivity contribution is 5.71. The molecule has 1 aliphatic carbocycles. The van der Waals surface area contributed by atoms with Gasteiger partial charge in [0.1, 0.15) is 0 Å². The van der Waals surface area contributed by atoms with Crippen molar-refractivity contribution in [1.82, 2.24) is 5.32 Å². The van der Waals surface area contributed by atoms with Crippen LogP contribution in [0.4, 0.5) is 0 Å². The van der Waals surface area contributed by atoms with E-state index in [1.54, 1.807) is 7.05 Å². The highest BCUT2D eigenvalue weighted by Crippen LogP contribution is 2.37. The summed E-state index contributed by atoms with van der Waals surface area (Å²) in [5, 5.41) is 2.82. The van der Waals surface area contributed by atoms with Crippen molar-refractivity contribution < 1.29 is 9.53 Å². The van der Waals surface area contributed by atoms with E-state index in [2.05, 4.69) is 26.1 Å². The standard InChI is InChI=1S/C14H27NO2/c1-10(2)13-6-5-11(3)7-12(13)9-17-14(16)8-15-4/h10-13,15H,5-9H2,1-4H3/t11-,12+,13+/m1/s1. The van der Waals surface area contributed by atoms with Gasteiger partial charge in [-0.1, -0.05) is 27.2 Å². The van der Waals surface area contributed by atoms with Crippen LogP contribution in [-0.4, -0.2) is 26.2 Å². The number of likely N-dealkylation sites (N-methyl/N-ethyl adjacent to an activating group) is 1. The van der Waals surface area contributed by atoms with E-state index in [9.17, 15) is 4.79 Å². The molecule has 1 saturated carbocycles. The van der Waals surface area contributed by atoms with Crippen molar-refractivity contribution in [2.24, 2.45) is 23.7 Å². The van der Waals surface area contributed by atoms with E-state index in [-0.39, 0.29) is 5.97 Å². The molecule has 17 heavy (non-hydrogen) atoms. The lowest BCUT2D eigenvalue weighted by Gasteiger charge is -2.37. The van der Waals surface area contributed by atoms with Crippen molar-refractivity contribution in [2.45, 2.75) is 40.0 Å². The normalized spacial score (nSPS) is 29.4. The lowest BCUT2D eigenvalue weighted by molar-refractivity contribution is -0.145. The topological polar surface area (TPSA) is 38.3 Å². The minimum atomic E-state index is -0.131. The summed E-state index contributed by atoms with van der Waals surface area (Å²) in [4.78, 5) is 11.4. The van der Waals surface area contributed by atoms with Crippen LogP contribution in [0.15, 0.2) is 0 Å². The number of hydrogen-bond donors (Lipinski definition) is 1. The van der Waals surface area contributed by atoms with Crippen molar-refractivity contribution in [3.63, 3.8) is 0 Å². The number of carbonyl (C=O) groups is 1. The zero-order chi connectivity index (χ0) is 12.8. The van der Waals surface area contributed by atoms with Crippen LogP contribution in [-0.2, 0) is 9.53 Å². The van der Waals surface area contributed by atoms with Crippen LogP contribution in [0.1, 0.15) is 40.0 Å². The van der Waals surface area contributed by atoms with E-state index in [4.69, 9.17) is 4.74 Å². The van der Waals surface area contributed by atoms with Gasteiger partial charge in [0, 0.05) is 0 Å². The van der Waals surface area contributed by atoms with E-state index in [1.165, 1.54) is 19.3 Å². The number of rotatable bonds is 5. The molecule has 1 fully saturated rings. The van der Waals surface area contributed by atoms with Crippen LogP contribution in [0.25, 0.3) is 0 Å². The number of hydrogen-bond acceptors (Lipinski definition) is 3. The third-order valence-electron chi connectivity index (χ3n) is 3.94. The van der Waals surface area contributed by atoms with Crippen LogP contribution in [0, 0.1) is 23.7 Å². The van der Waals surface area contributed by atoms with Gasteiger partial charge in [-0.3, -0.25) is 4.79 Å². The van der Waals surface area contributed by atoms with Crippen molar-refractivity contribution in [3.05, 3.63) is 0 Å². The lowest BCUT2D eigenvalue weighted by Crippen LogP contribution is -2.32. The molecular formula is C14H27NO2. The average Bonchev–Trinajstić information content (AvgIpc) is 2.26. The molecule has 0 heterocycles. The zero-order valence-electron chi connectivity index (χ0n) is 11.7. The number of carbonyl (C=O) groups excluding carboxylic acids is 1. The summed E-state index contributed by atoms with van der Waals surface area (Å²) in [6, 6.07) is 0. The van der Waals surface area contributed by atoms with Gasteiger partial charge in [0.05, 0.1) is 13.2 Å². The van der Waals surface area contributed by atoms with E-state index in [0.717, 1.165) is 5.92 Å². The van der Waals surface area contributed by atoms with Crippen molar-refractivity contribution in [2.75, 3.05) is 20.2 Å². The molecule has 0 aliphatic heterocycles. The summed E-state index contributed by atoms with van der Waals surface area (Å²) < 4.78 is 5.35. The van der Waals surface area contributed by atoms with E-state index >= 15 is 0 Å². The quantitative estimate of drug-likeness (QED) is 0.751. The van der Waals surface area contributed by atoms with E-state index < -0.39 is 0 Å². The molecule has 1 N–H and O–H groups in total. The molecule has 0 unspecified atom stereocenters. The van der Waals surface area contributed by atoms with Crippen LogP contribution in [0.5, 0.6) is 0 Å². The Kier molecular flexibility index (Phi) is 5.96. The fourth-order valence-corrected chi connectivity index (χ4v) is 2.99. The number of nitrogens with one attached hydrogen (secondary N) is 1. The monoisotopic (exact) mass is 241 g/mol. The van der Waals surface area contributed by atoms with Gasteiger partial charge in [-0.15, -0.1) is 0 Å². The summed E-state index contributed by atoms with van der Waals surface area (Å²) in [5.41, 5.74) is 0. The highest BCUT2D eigenvalue weighted by atomic mass is 16.5. The number of esters is 1. The smallest absolute Gasteiger partial charge is 0.319 e. The fraction of sp³-hybridized carbons (Fsp3) is 0.929. The minimum absolute atomic E-state index is 0.131. The third kappa shape index (κ3) is 4.66. The second kappa shape index (κ2) is 7.00. The van der Waals surface area contributed by atoms with Crippen molar-refractivity contribution in [3.8, 4) is 0 Å². The second-order valence-corrected chi connectivity index (χ2v) is 5.80. The van der Waals surface area contributed by atoms with Crippen LogP contribution in [0.3, 0.4) is 0 Å². The van der Waals surface area contributed by atoms with Gasteiger partial charge in [-0.2, -0.15) is 0 Å². The van der Waals surface area contributed by atoms with E-state index in [0.29, 0.717) is 30.9 Å². The summed E-state index contributed by atoms with van der Waals surface area (Å²) in [5.74, 6) is 2.61. The lowest BCUT2D eigenvalue weighted by atomic mass is 9.70. The molecule has 0 spiro atoms. The molecule has 1 aliphatic rings. The molecular weight excluding hydrogens is 214 g/mol. The molecule has 0 amide bonds. The third-order valence-corrected chi connectivity index (χ3v) is 3.94. The van der Waals surface area contributed by atoms with Gasteiger partial charge in [-0.25, -0.2) is 0 Å². The van der Waals surface area contributed by atoms with Crippen molar-refractivity contribution >= 4 is 5.97 Å². The molecule has 0 saturated heterocycles. The summed E-state index contributed by atoms with van der Waals surface area (Å²) >= 11 is 0. The molecule has 3 heteroatoms. The first-order valence-corrected chi connectivity index (χ1v) is 6.84. The fourth-order valence-electron chi connectivity index (χ4n) is 2.99. The van der Waals surface area contributed by atoms with Gasteiger partial charge < -0.3 is 10.1 Å². The molecule has 3 atom stereocenters. The molecule has 0 radical (unpaired) electrons. The predicted octanol–water partition coefficient (Wildman–Crippen LogP) is 2.46. The summed E-state index contributed by atoms with van der Waals surface area (Å²) in [7, 11) is 1.76. The average molecular weight is 241 g/mol. The minimum Gasteiger partial charge on any atom is -0.464 e. The Morgan fingerprint density at radius 2 is 2.12 bits per heavy atom. The van der Waals surface area contributed by atoms with Crippen LogP contribution < -0.4 is 5.32 Å². The van der Waals surface area contributed by atoms with Crippen LogP contribution in [0.2, 0.25) is 0 Å². The predicted molar refractivity (Wildman–Crippen MR) is 69.7 cm³/mol. The Labute approximate surface area is 105 Å². The Hall–Kier alpha value is -0.570. The summed E-state index contributed by atoms with van der Waals surface area (Å²) in [6.07, 6.45) is 3.81. The van der Waals surface area contributed by atoms with Gasteiger partial charge in [-0.05, 0) is 43.6 Å². The molecule has 3 nitrogen and oxygen atoms in total. The number of ether oxygens (including phenoxy) is 1.